The van der Waals surface area contributed by atoms with Crippen molar-refractivity contribution in [3.05, 3.63) is 47.8 Å². The van der Waals surface area contributed by atoms with Gasteiger partial charge in [0.2, 0.25) is 0 Å². The SMILES string of the molecule is Cn1ccnc1C1CNCCN1C(=O)c1cnc(-c2ncccn2)s1. The molecular formula is C16H17N7OS. The summed E-state index contributed by atoms with van der Waals surface area (Å²) in [6.45, 7) is 2.08. The normalized spacial score (nSPS) is 17.6. The first kappa shape index (κ1) is 15.9. The Morgan fingerprint density at radius 3 is 2.84 bits per heavy atom. The second-order valence-corrected chi connectivity index (χ2v) is 6.75. The molecule has 1 saturated heterocycles. The molecule has 0 bridgehead atoms. The third kappa shape index (κ3) is 3.03. The minimum atomic E-state index is -0.0974. The van der Waals surface area contributed by atoms with Crippen LogP contribution in [0.1, 0.15) is 21.5 Å². The number of piperazine rings is 1. The Labute approximate surface area is 148 Å². The van der Waals surface area contributed by atoms with Gasteiger partial charge in [0, 0.05) is 51.5 Å². The van der Waals surface area contributed by atoms with Crippen LogP contribution in [-0.2, 0) is 7.05 Å². The Kier molecular flexibility index (Phi) is 4.24. The van der Waals surface area contributed by atoms with Gasteiger partial charge in [-0.1, -0.05) is 0 Å². The van der Waals surface area contributed by atoms with E-state index in [0.717, 1.165) is 12.4 Å². The van der Waals surface area contributed by atoms with Crippen molar-refractivity contribution in [1.82, 2.24) is 34.7 Å². The minimum Gasteiger partial charge on any atom is -0.336 e. The number of carbonyl (C=O) groups excluding carboxylic acids is 1. The number of nitrogens with one attached hydrogen (secondary N) is 1. The first-order valence-corrected chi connectivity index (χ1v) is 8.78. The van der Waals surface area contributed by atoms with Crippen LogP contribution < -0.4 is 5.32 Å². The van der Waals surface area contributed by atoms with E-state index >= 15 is 0 Å². The number of hydrogen-bond acceptors (Lipinski definition) is 7. The zero-order chi connectivity index (χ0) is 17.2. The number of imidazole rings is 1. The molecule has 25 heavy (non-hydrogen) atoms. The van der Waals surface area contributed by atoms with Crippen molar-refractivity contribution in [1.29, 1.82) is 0 Å². The number of thiazole rings is 1. The van der Waals surface area contributed by atoms with E-state index in [-0.39, 0.29) is 11.9 Å². The van der Waals surface area contributed by atoms with Gasteiger partial charge in [0.15, 0.2) is 10.8 Å². The second-order valence-electron chi connectivity index (χ2n) is 5.72. The maximum Gasteiger partial charge on any atom is 0.266 e. The fraction of sp³-hybridized carbons (Fsp3) is 0.312. The Balaban J connectivity index is 1.61. The fourth-order valence-corrected chi connectivity index (χ4v) is 3.72. The maximum absolute atomic E-state index is 13.1. The molecule has 3 aromatic heterocycles. The number of hydrogen-bond donors (Lipinski definition) is 1. The molecule has 0 radical (unpaired) electrons. The maximum atomic E-state index is 13.1. The van der Waals surface area contributed by atoms with Gasteiger partial charge in [-0.3, -0.25) is 4.79 Å². The number of carbonyl (C=O) groups is 1. The molecule has 1 amide bonds. The van der Waals surface area contributed by atoms with Crippen LogP contribution in [-0.4, -0.2) is 54.9 Å². The second kappa shape index (κ2) is 6.69. The molecule has 1 atom stereocenters. The van der Waals surface area contributed by atoms with Gasteiger partial charge < -0.3 is 14.8 Å². The highest BCUT2D eigenvalue weighted by atomic mass is 32.1. The van der Waals surface area contributed by atoms with Crippen LogP contribution >= 0.6 is 11.3 Å². The summed E-state index contributed by atoms with van der Waals surface area (Å²) in [4.78, 5) is 32.6. The van der Waals surface area contributed by atoms with Crippen LogP contribution in [0.15, 0.2) is 37.1 Å². The van der Waals surface area contributed by atoms with Crippen LogP contribution in [0.5, 0.6) is 0 Å². The first-order valence-electron chi connectivity index (χ1n) is 7.96. The van der Waals surface area contributed by atoms with Crippen LogP contribution in [0, 0.1) is 0 Å². The molecule has 0 spiro atoms. The Hall–Kier alpha value is -2.65. The van der Waals surface area contributed by atoms with E-state index in [1.165, 1.54) is 11.3 Å². The lowest BCUT2D eigenvalue weighted by Gasteiger charge is -2.35. The average Bonchev–Trinajstić information content (AvgIpc) is 3.31. The topological polar surface area (TPSA) is 88.8 Å². The zero-order valence-corrected chi connectivity index (χ0v) is 14.5. The lowest BCUT2D eigenvalue weighted by atomic mass is 10.1. The van der Waals surface area contributed by atoms with E-state index in [4.69, 9.17) is 0 Å². The third-order valence-corrected chi connectivity index (χ3v) is 5.12. The molecule has 0 aliphatic carbocycles. The molecule has 128 valence electrons. The summed E-state index contributed by atoms with van der Waals surface area (Å²) in [5.74, 6) is 1.37. The summed E-state index contributed by atoms with van der Waals surface area (Å²) >= 11 is 1.32. The van der Waals surface area contributed by atoms with Crippen molar-refractivity contribution in [2.45, 2.75) is 6.04 Å². The van der Waals surface area contributed by atoms with Gasteiger partial charge in [-0.25, -0.2) is 19.9 Å². The number of aryl methyl sites for hydroxylation is 1. The predicted molar refractivity (Wildman–Crippen MR) is 93.0 cm³/mol. The largest absolute Gasteiger partial charge is 0.336 e. The molecule has 4 heterocycles. The summed E-state index contributed by atoms with van der Waals surface area (Å²) in [5, 5.41) is 3.98. The number of amides is 1. The highest BCUT2D eigenvalue weighted by Crippen LogP contribution is 2.27. The molecule has 1 N–H and O–H groups in total. The van der Waals surface area contributed by atoms with Gasteiger partial charge in [0.25, 0.3) is 5.91 Å². The van der Waals surface area contributed by atoms with E-state index in [9.17, 15) is 4.79 Å². The van der Waals surface area contributed by atoms with Crippen LogP contribution in [0.25, 0.3) is 10.8 Å². The lowest BCUT2D eigenvalue weighted by molar-refractivity contribution is 0.0625. The average molecular weight is 355 g/mol. The molecule has 9 heteroatoms. The van der Waals surface area contributed by atoms with Gasteiger partial charge in [-0.15, -0.1) is 11.3 Å². The Bertz CT molecular complexity index is 876. The highest BCUT2D eigenvalue weighted by Gasteiger charge is 2.32. The molecule has 1 unspecified atom stereocenters. The molecule has 1 aliphatic heterocycles. The van der Waals surface area contributed by atoms with Gasteiger partial charge in [-0.2, -0.15) is 0 Å². The van der Waals surface area contributed by atoms with E-state index in [2.05, 4.69) is 25.3 Å². The van der Waals surface area contributed by atoms with Crippen LogP contribution in [0.3, 0.4) is 0 Å². The highest BCUT2D eigenvalue weighted by molar-refractivity contribution is 7.16. The molecule has 0 saturated carbocycles. The van der Waals surface area contributed by atoms with E-state index < -0.39 is 0 Å². The Morgan fingerprint density at radius 1 is 1.24 bits per heavy atom. The van der Waals surface area contributed by atoms with Crippen molar-refractivity contribution in [2.24, 2.45) is 7.05 Å². The summed E-state index contributed by atoms with van der Waals surface area (Å²) in [6, 6.07) is 1.65. The van der Waals surface area contributed by atoms with E-state index in [0.29, 0.717) is 28.8 Å². The molecule has 4 rings (SSSR count). The first-order chi connectivity index (χ1) is 12.2. The van der Waals surface area contributed by atoms with E-state index in [1.54, 1.807) is 30.9 Å². The van der Waals surface area contributed by atoms with Crippen LogP contribution in [0.4, 0.5) is 0 Å². The van der Waals surface area contributed by atoms with Crippen molar-refractivity contribution >= 4 is 17.2 Å². The third-order valence-electron chi connectivity index (χ3n) is 4.13. The summed E-state index contributed by atoms with van der Waals surface area (Å²) in [5.41, 5.74) is 0. The fourth-order valence-electron chi connectivity index (χ4n) is 2.90. The van der Waals surface area contributed by atoms with E-state index in [1.807, 2.05) is 22.7 Å². The summed E-state index contributed by atoms with van der Waals surface area (Å²) in [7, 11) is 1.94. The van der Waals surface area contributed by atoms with Gasteiger partial charge >= 0.3 is 0 Å². The number of nitrogens with zero attached hydrogens (tertiary/aromatic N) is 6. The molecule has 0 aromatic carbocycles. The monoisotopic (exact) mass is 355 g/mol. The molecule has 8 nitrogen and oxygen atoms in total. The quantitative estimate of drug-likeness (QED) is 0.757. The summed E-state index contributed by atoms with van der Waals surface area (Å²) < 4.78 is 1.95. The lowest BCUT2D eigenvalue weighted by Crippen LogP contribution is -2.49. The molecule has 1 fully saturated rings. The van der Waals surface area contributed by atoms with Crippen molar-refractivity contribution < 1.29 is 4.79 Å². The number of rotatable bonds is 3. The number of aromatic nitrogens is 5. The Morgan fingerprint density at radius 2 is 2.08 bits per heavy atom. The zero-order valence-electron chi connectivity index (χ0n) is 13.7. The van der Waals surface area contributed by atoms with Crippen molar-refractivity contribution in [3.63, 3.8) is 0 Å². The predicted octanol–water partition coefficient (Wildman–Crippen LogP) is 1.12. The van der Waals surface area contributed by atoms with Crippen molar-refractivity contribution in [2.75, 3.05) is 19.6 Å². The van der Waals surface area contributed by atoms with Crippen LogP contribution in [0.2, 0.25) is 0 Å². The smallest absolute Gasteiger partial charge is 0.266 e. The summed E-state index contributed by atoms with van der Waals surface area (Å²) in [6.07, 6.45) is 8.59. The van der Waals surface area contributed by atoms with Gasteiger partial charge in [0.05, 0.1) is 6.20 Å². The molecular weight excluding hydrogens is 338 g/mol. The minimum absolute atomic E-state index is 0.0332. The van der Waals surface area contributed by atoms with Crippen molar-refractivity contribution in [3.8, 4) is 10.8 Å². The molecule has 1 aliphatic rings. The van der Waals surface area contributed by atoms with Gasteiger partial charge in [0.1, 0.15) is 16.7 Å². The molecule has 3 aromatic rings. The standard InChI is InChI=1S/C16H17N7OS/c1-22-7-6-20-14(22)11-9-17-5-8-23(11)16(24)12-10-21-15(25-12)13-18-3-2-4-19-13/h2-4,6-7,10-11,17H,5,8-9H2,1H3. The van der Waals surface area contributed by atoms with Gasteiger partial charge in [-0.05, 0) is 6.07 Å².